The van der Waals surface area contributed by atoms with Crippen molar-refractivity contribution >= 4 is 5.97 Å². The first-order valence-electron chi connectivity index (χ1n) is 5.37. The second-order valence-corrected chi connectivity index (χ2v) is 4.25. The van der Waals surface area contributed by atoms with Gasteiger partial charge in [0.25, 0.3) is 0 Å². The minimum Gasteiger partial charge on any atom is -0.481 e. The molecule has 1 aromatic rings. The van der Waals surface area contributed by atoms with Crippen molar-refractivity contribution in [1.29, 1.82) is 5.26 Å². The molecular weight excluding hydrogens is 202 g/mol. The van der Waals surface area contributed by atoms with Crippen LogP contribution in [0.15, 0.2) is 12.1 Å². The molecule has 0 fully saturated rings. The summed E-state index contributed by atoms with van der Waals surface area (Å²) in [5.41, 5.74) is 4.03. The number of carboxylic acid groups (broad SMARTS) is 1. The summed E-state index contributed by atoms with van der Waals surface area (Å²) in [6.07, 6.45) is 1.98. The molecule has 16 heavy (non-hydrogen) atoms. The van der Waals surface area contributed by atoms with Crippen molar-refractivity contribution in [2.45, 2.75) is 32.1 Å². The summed E-state index contributed by atoms with van der Waals surface area (Å²) in [6.45, 7) is 1.94. The number of fused-ring (bicyclic) bond motifs is 1. The maximum atomic E-state index is 10.7. The maximum Gasteiger partial charge on any atom is 0.303 e. The lowest BCUT2D eigenvalue weighted by Gasteiger charge is -2.10. The van der Waals surface area contributed by atoms with Gasteiger partial charge in [0.05, 0.1) is 18.1 Å². The molecule has 3 heteroatoms. The number of benzene rings is 1. The highest BCUT2D eigenvalue weighted by Crippen LogP contribution is 2.37. The van der Waals surface area contributed by atoms with Crippen molar-refractivity contribution < 1.29 is 9.90 Å². The lowest BCUT2D eigenvalue weighted by Crippen LogP contribution is -2.03. The van der Waals surface area contributed by atoms with Gasteiger partial charge in [-0.3, -0.25) is 4.79 Å². The minimum atomic E-state index is -0.750. The smallest absolute Gasteiger partial charge is 0.303 e. The minimum absolute atomic E-state index is 0.124. The molecule has 0 aliphatic heterocycles. The van der Waals surface area contributed by atoms with Gasteiger partial charge in [0.1, 0.15) is 0 Å². The number of carboxylic acids is 1. The topological polar surface area (TPSA) is 61.1 Å². The summed E-state index contributed by atoms with van der Waals surface area (Å²) in [5, 5.41) is 17.7. The fourth-order valence-corrected chi connectivity index (χ4v) is 2.51. The number of hydrogen-bond donors (Lipinski definition) is 1. The zero-order valence-electron chi connectivity index (χ0n) is 9.16. The number of hydrogen-bond acceptors (Lipinski definition) is 2. The van der Waals surface area contributed by atoms with E-state index in [9.17, 15) is 4.79 Å². The number of carbonyl (C=O) groups is 1. The van der Waals surface area contributed by atoms with Crippen molar-refractivity contribution in [3.05, 3.63) is 34.4 Å². The summed E-state index contributed by atoms with van der Waals surface area (Å²) in [7, 11) is 0. The summed E-state index contributed by atoms with van der Waals surface area (Å²) in [6, 6.07) is 5.88. The summed E-state index contributed by atoms with van der Waals surface area (Å²) >= 11 is 0. The molecule has 3 nitrogen and oxygen atoms in total. The van der Waals surface area contributed by atoms with Gasteiger partial charge in [0.15, 0.2) is 0 Å². The normalized spacial score (nSPS) is 17.9. The van der Waals surface area contributed by atoms with Crippen LogP contribution in [-0.2, 0) is 11.2 Å². The van der Waals surface area contributed by atoms with Gasteiger partial charge in [0.2, 0.25) is 0 Å². The standard InChI is InChI=1S/C13H13NO2/c1-8-10(7-14)3-5-12-9(6-13(15)16)2-4-11(8)12/h3,5,9H,2,4,6H2,1H3,(H,15,16). The third kappa shape index (κ3) is 1.67. The fraction of sp³-hybridized carbons (Fsp3) is 0.385. The molecule has 0 saturated carbocycles. The largest absolute Gasteiger partial charge is 0.481 e. The SMILES string of the molecule is Cc1c(C#N)ccc2c1CCC2CC(=O)O. The number of aliphatic carboxylic acids is 1. The van der Waals surface area contributed by atoms with E-state index < -0.39 is 5.97 Å². The quantitative estimate of drug-likeness (QED) is 0.823. The molecule has 0 heterocycles. The van der Waals surface area contributed by atoms with Crippen molar-refractivity contribution in [3.8, 4) is 6.07 Å². The van der Waals surface area contributed by atoms with Crippen LogP contribution in [0.4, 0.5) is 0 Å². The lowest BCUT2D eigenvalue weighted by atomic mass is 9.94. The molecule has 0 bridgehead atoms. The first-order chi connectivity index (χ1) is 7.63. The molecule has 1 aromatic carbocycles. The van der Waals surface area contributed by atoms with E-state index in [1.165, 1.54) is 5.56 Å². The average molecular weight is 215 g/mol. The van der Waals surface area contributed by atoms with Gasteiger partial charge < -0.3 is 5.11 Å². The third-order valence-electron chi connectivity index (χ3n) is 3.36. The molecule has 0 amide bonds. The Bertz CT molecular complexity index is 485. The van der Waals surface area contributed by atoms with Crippen LogP contribution in [0, 0.1) is 18.3 Å². The van der Waals surface area contributed by atoms with Crippen LogP contribution in [0.2, 0.25) is 0 Å². The Hall–Kier alpha value is -1.82. The van der Waals surface area contributed by atoms with Crippen LogP contribution < -0.4 is 0 Å². The second-order valence-electron chi connectivity index (χ2n) is 4.25. The fourth-order valence-electron chi connectivity index (χ4n) is 2.51. The predicted molar refractivity (Wildman–Crippen MR) is 59.2 cm³/mol. The molecule has 1 unspecified atom stereocenters. The molecule has 0 aromatic heterocycles. The van der Waals surface area contributed by atoms with Crippen molar-refractivity contribution in [1.82, 2.24) is 0 Å². The van der Waals surface area contributed by atoms with Gasteiger partial charge in [-0.15, -0.1) is 0 Å². The Morgan fingerprint density at radius 3 is 3.00 bits per heavy atom. The van der Waals surface area contributed by atoms with Gasteiger partial charge in [-0.1, -0.05) is 6.07 Å². The summed E-state index contributed by atoms with van der Waals surface area (Å²) < 4.78 is 0. The Morgan fingerprint density at radius 2 is 2.38 bits per heavy atom. The van der Waals surface area contributed by atoms with Gasteiger partial charge >= 0.3 is 5.97 Å². The first-order valence-corrected chi connectivity index (χ1v) is 5.37. The van der Waals surface area contributed by atoms with E-state index >= 15 is 0 Å². The highest BCUT2D eigenvalue weighted by molar-refractivity contribution is 5.68. The number of nitrogens with zero attached hydrogens (tertiary/aromatic N) is 1. The van der Waals surface area contributed by atoms with E-state index in [0.29, 0.717) is 5.56 Å². The number of nitriles is 1. The van der Waals surface area contributed by atoms with Gasteiger partial charge in [-0.05, 0) is 48.4 Å². The van der Waals surface area contributed by atoms with E-state index in [0.717, 1.165) is 24.0 Å². The molecule has 0 saturated heterocycles. The van der Waals surface area contributed by atoms with Crippen LogP contribution in [0.3, 0.4) is 0 Å². The van der Waals surface area contributed by atoms with Crippen molar-refractivity contribution in [2.24, 2.45) is 0 Å². The van der Waals surface area contributed by atoms with Crippen LogP contribution in [0.5, 0.6) is 0 Å². The molecule has 82 valence electrons. The Kier molecular flexibility index (Phi) is 2.66. The molecule has 1 aliphatic carbocycles. The van der Waals surface area contributed by atoms with E-state index in [4.69, 9.17) is 10.4 Å². The molecule has 2 rings (SSSR count). The summed E-state index contributed by atoms with van der Waals surface area (Å²) in [4.78, 5) is 10.7. The van der Waals surface area contributed by atoms with Gasteiger partial charge in [0, 0.05) is 0 Å². The zero-order chi connectivity index (χ0) is 11.7. The van der Waals surface area contributed by atoms with E-state index in [2.05, 4.69) is 6.07 Å². The molecule has 1 N–H and O–H groups in total. The number of rotatable bonds is 2. The van der Waals surface area contributed by atoms with Crippen LogP contribution in [-0.4, -0.2) is 11.1 Å². The first kappa shape index (κ1) is 10.7. The molecule has 1 aliphatic rings. The highest BCUT2D eigenvalue weighted by atomic mass is 16.4. The maximum absolute atomic E-state index is 10.7. The Balaban J connectivity index is 2.39. The van der Waals surface area contributed by atoms with Crippen molar-refractivity contribution in [2.75, 3.05) is 0 Å². The second kappa shape index (κ2) is 3.97. The van der Waals surface area contributed by atoms with Crippen LogP contribution >= 0.6 is 0 Å². The highest BCUT2D eigenvalue weighted by Gasteiger charge is 2.26. The van der Waals surface area contributed by atoms with Crippen LogP contribution in [0.1, 0.15) is 41.0 Å². The van der Waals surface area contributed by atoms with Gasteiger partial charge in [-0.2, -0.15) is 5.26 Å². The zero-order valence-corrected chi connectivity index (χ0v) is 9.16. The van der Waals surface area contributed by atoms with Gasteiger partial charge in [-0.25, -0.2) is 0 Å². The average Bonchev–Trinajstić information content (AvgIpc) is 2.62. The molecular formula is C13H13NO2. The molecule has 0 spiro atoms. The van der Waals surface area contributed by atoms with E-state index in [-0.39, 0.29) is 12.3 Å². The van der Waals surface area contributed by atoms with E-state index in [1.807, 2.05) is 13.0 Å². The van der Waals surface area contributed by atoms with E-state index in [1.54, 1.807) is 6.07 Å². The van der Waals surface area contributed by atoms with Crippen LogP contribution in [0.25, 0.3) is 0 Å². The lowest BCUT2D eigenvalue weighted by molar-refractivity contribution is -0.137. The molecule has 0 radical (unpaired) electrons. The summed E-state index contributed by atoms with van der Waals surface area (Å²) in [5.74, 6) is -0.626. The third-order valence-corrected chi connectivity index (χ3v) is 3.36. The monoisotopic (exact) mass is 215 g/mol. The van der Waals surface area contributed by atoms with Crippen molar-refractivity contribution in [3.63, 3.8) is 0 Å². The Labute approximate surface area is 94.3 Å². The predicted octanol–water partition coefficient (Wildman–Crippen LogP) is 2.37. The Morgan fingerprint density at radius 1 is 1.62 bits per heavy atom. The molecule has 1 atom stereocenters.